The van der Waals surface area contributed by atoms with Gasteiger partial charge in [0.2, 0.25) is 0 Å². The second-order valence-corrected chi connectivity index (χ2v) is 12.9. The lowest BCUT2D eigenvalue weighted by molar-refractivity contribution is -0.273. The van der Waals surface area contributed by atoms with Crippen LogP contribution in [0.2, 0.25) is 0 Å². The van der Waals surface area contributed by atoms with Crippen LogP contribution in [0.3, 0.4) is 0 Å². The molecule has 164 valence electrons. The molecule has 1 spiro atoms. The van der Waals surface area contributed by atoms with Crippen LogP contribution in [0.25, 0.3) is 0 Å². The zero-order valence-corrected chi connectivity index (χ0v) is 19.4. The zero-order chi connectivity index (χ0) is 20.0. The first-order valence-electron chi connectivity index (χ1n) is 13.2. The molecule has 6 fully saturated rings. The monoisotopic (exact) mass is 400 g/mol. The smallest absolute Gasteiger partial charge is 0.171 e. The molecule has 0 bridgehead atoms. The van der Waals surface area contributed by atoms with Crippen LogP contribution >= 0.6 is 0 Å². The average molecular weight is 401 g/mol. The highest BCUT2D eigenvalue weighted by Gasteiger charge is 2.68. The van der Waals surface area contributed by atoms with Gasteiger partial charge in [-0.1, -0.05) is 40.5 Å². The standard InChI is InChI=1S/C27H44O2/c1-17-10-14-27(28-16-17)18(2)24-23(29-27)15-22-20-9-8-19-7-5-6-12-25(19,3)21(20)11-13-26(22,24)4/h17-24H,5-16H2,1-4H3/t17?,18-,19-,20+,21-,22-,23-,24-,25-,26-,27+/m0/s1. The maximum atomic E-state index is 6.92. The van der Waals surface area contributed by atoms with Gasteiger partial charge in [-0.25, -0.2) is 0 Å². The maximum absolute atomic E-state index is 6.92. The second-order valence-electron chi connectivity index (χ2n) is 12.9. The molecule has 0 aromatic carbocycles. The summed E-state index contributed by atoms with van der Waals surface area (Å²) in [5.41, 5.74) is 1.13. The van der Waals surface area contributed by atoms with E-state index in [1.807, 2.05) is 0 Å². The van der Waals surface area contributed by atoms with Crippen molar-refractivity contribution in [1.82, 2.24) is 0 Å². The Labute approximate surface area is 178 Å². The van der Waals surface area contributed by atoms with Gasteiger partial charge in [-0.05, 0) is 97.7 Å². The lowest BCUT2D eigenvalue weighted by atomic mass is 9.44. The van der Waals surface area contributed by atoms with E-state index in [1.54, 1.807) is 0 Å². The van der Waals surface area contributed by atoms with Crippen molar-refractivity contribution in [1.29, 1.82) is 0 Å². The number of fused-ring (bicyclic) bond motifs is 7. The minimum absolute atomic E-state index is 0.250. The molecular weight excluding hydrogens is 356 g/mol. The van der Waals surface area contributed by atoms with E-state index in [-0.39, 0.29) is 5.79 Å². The molecule has 4 aliphatic carbocycles. The summed E-state index contributed by atoms with van der Waals surface area (Å²) >= 11 is 0. The van der Waals surface area contributed by atoms with Gasteiger partial charge in [0.15, 0.2) is 5.79 Å². The van der Waals surface area contributed by atoms with Crippen LogP contribution in [0.15, 0.2) is 0 Å². The topological polar surface area (TPSA) is 18.5 Å². The fourth-order valence-corrected chi connectivity index (χ4v) is 10.3. The quantitative estimate of drug-likeness (QED) is 0.444. The summed E-state index contributed by atoms with van der Waals surface area (Å²) < 4.78 is 13.4. The molecule has 0 amide bonds. The first kappa shape index (κ1) is 19.6. The van der Waals surface area contributed by atoms with Gasteiger partial charge in [-0.2, -0.15) is 0 Å². The molecule has 6 rings (SSSR count). The Morgan fingerprint density at radius 3 is 2.45 bits per heavy atom. The van der Waals surface area contributed by atoms with Crippen LogP contribution in [0.1, 0.15) is 98.3 Å². The van der Waals surface area contributed by atoms with Crippen LogP contribution in [-0.4, -0.2) is 18.5 Å². The van der Waals surface area contributed by atoms with E-state index in [1.165, 1.54) is 64.2 Å². The summed E-state index contributed by atoms with van der Waals surface area (Å²) in [4.78, 5) is 0. The molecule has 0 aromatic heterocycles. The third-order valence-electron chi connectivity index (χ3n) is 11.9. The molecule has 6 aliphatic rings. The van der Waals surface area contributed by atoms with Gasteiger partial charge in [-0.3, -0.25) is 0 Å². The van der Waals surface area contributed by atoms with E-state index < -0.39 is 0 Å². The number of rotatable bonds is 0. The fourth-order valence-electron chi connectivity index (χ4n) is 10.3. The SMILES string of the molecule is CC1CC[C@@]2(OC1)O[C@H]1C[C@H]3[C@@H]4CC[C@@H]5CCCC[C@]5(C)[C@H]4CC[C@]3(C)[C@H]1[C@@H]2C. The molecule has 4 saturated carbocycles. The Hall–Kier alpha value is -0.0800. The summed E-state index contributed by atoms with van der Waals surface area (Å²) in [7, 11) is 0. The summed E-state index contributed by atoms with van der Waals surface area (Å²) in [5, 5.41) is 0. The van der Waals surface area contributed by atoms with Gasteiger partial charge in [0, 0.05) is 12.3 Å². The van der Waals surface area contributed by atoms with Crippen molar-refractivity contribution in [3.8, 4) is 0 Å². The number of hydrogen-bond acceptors (Lipinski definition) is 2. The molecule has 0 aromatic rings. The van der Waals surface area contributed by atoms with E-state index in [9.17, 15) is 0 Å². The van der Waals surface area contributed by atoms with Gasteiger partial charge >= 0.3 is 0 Å². The molecule has 2 aliphatic heterocycles. The molecule has 2 nitrogen and oxygen atoms in total. The van der Waals surface area contributed by atoms with E-state index in [0.717, 1.165) is 42.6 Å². The Bertz CT molecular complexity index is 651. The van der Waals surface area contributed by atoms with E-state index in [2.05, 4.69) is 27.7 Å². The predicted molar refractivity (Wildman–Crippen MR) is 116 cm³/mol. The van der Waals surface area contributed by atoms with Crippen LogP contribution in [0, 0.1) is 52.3 Å². The van der Waals surface area contributed by atoms with Gasteiger partial charge < -0.3 is 9.47 Å². The highest BCUT2D eigenvalue weighted by molar-refractivity contribution is 5.15. The van der Waals surface area contributed by atoms with Crippen molar-refractivity contribution in [3.63, 3.8) is 0 Å². The largest absolute Gasteiger partial charge is 0.349 e. The van der Waals surface area contributed by atoms with Crippen molar-refractivity contribution in [3.05, 3.63) is 0 Å². The van der Waals surface area contributed by atoms with Crippen molar-refractivity contribution in [2.45, 2.75) is 110 Å². The third kappa shape index (κ3) is 2.54. The summed E-state index contributed by atoms with van der Waals surface area (Å²) in [6, 6.07) is 0. The minimum Gasteiger partial charge on any atom is -0.349 e. The average Bonchev–Trinajstić information content (AvgIpc) is 3.15. The molecule has 2 saturated heterocycles. The first-order valence-corrected chi connectivity index (χ1v) is 13.2. The Balaban J connectivity index is 1.27. The van der Waals surface area contributed by atoms with Crippen LogP contribution in [0.5, 0.6) is 0 Å². The van der Waals surface area contributed by atoms with Crippen molar-refractivity contribution < 1.29 is 9.47 Å². The molecule has 2 heteroatoms. The molecule has 2 heterocycles. The lowest BCUT2D eigenvalue weighted by Gasteiger charge is -2.61. The minimum atomic E-state index is -0.250. The Morgan fingerprint density at radius 2 is 1.66 bits per heavy atom. The van der Waals surface area contributed by atoms with Crippen molar-refractivity contribution in [2.24, 2.45) is 52.3 Å². The third-order valence-corrected chi connectivity index (χ3v) is 11.9. The molecular formula is C27H44O2. The Morgan fingerprint density at radius 1 is 0.793 bits per heavy atom. The maximum Gasteiger partial charge on any atom is 0.171 e. The molecule has 11 atom stereocenters. The second kappa shape index (κ2) is 6.47. The first-order chi connectivity index (χ1) is 13.9. The highest BCUT2D eigenvalue weighted by Crippen LogP contribution is 2.71. The molecule has 0 radical (unpaired) electrons. The van der Waals surface area contributed by atoms with Gasteiger partial charge in [0.1, 0.15) is 0 Å². The van der Waals surface area contributed by atoms with Gasteiger partial charge in [0.05, 0.1) is 12.7 Å². The summed E-state index contributed by atoms with van der Waals surface area (Å²) in [5.74, 6) is 5.62. The normalized spacial score (nSPS) is 61.7. The lowest BCUT2D eigenvalue weighted by Crippen LogP contribution is -2.54. The summed E-state index contributed by atoms with van der Waals surface area (Å²) in [6.07, 6.45) is 16.2. The van der Waals surface area contributed by atoms with E-state index >= 15 is 0 Å². The zero-order valence-electron chi connectivity index (χ0n) is 19.4. The Kier molecular flexibility index (Phi) is 4.37. The fraction of sp³-hybridized carbons (Fsp3) is 1.00. The number of ether oxygens (including phenoxy) is 2. The molecule has 29 heavy (non-hydrogen) atoms. The van der Waals surface area contributed by atoms with Crippen molar-refractivity contribution >= 4 is 0 Å². The van der Waals surface area contributed by atoms with Gasteiger partial charge in [-0.15, -0.1) is 0 Å². The van der Waals surface area contributed by atoms with Crippen LogP contribution < -0.4 is 0 Å². The van der Waals surface area contributed by atoms with E-state index in [0.29, 0.717) is 28.8 Å². The highest BCUT2D eigenvalue weighted by atomic mass is 16.7. The van der Waals surface area contributed by atoms with Crippen LogP contribution in [0.4, 0.5) is 0 Å². The van der Waals surface area contributed by atoms with Crippen molar-refractivity contribution in [2.75, 3.05) is 6.61 Å². The summed E-state index contributed by atoms with van der Waals surface area (Å²) in [6.45, 7) is 11.1. The predicted octanol–water partition coefficient (Wildman–Crippen LogP) is 6.82. The van der Waals surface area contributed by atoms with Crippen LogP contribution in [-0.2, 0) is 9.47 Å². The van der Waals surface area contributed by atoms with Gasteiger partial charge in [0.25, 0.3) is 0 Å². The van der Waals surface area contributed by atoms with E-state index in [4.69, 9.17) is 9.47 Å². The molecule has 0 N–H and O–H groups in total. The number of hydrogen-bond donors (Lipinski definition) is 0. The molecule has 1 unspecified atom stereocenters.